The van der Waals surface area contributed by atoms with Crippen molar-refractivity contribution < 1.29 is 19.7 Å². The number of phenolic OH excluding ortho intramolecular Hbond substituents is 1. The van der Waals surface area contributed by atoms with E-state index in [1.807, 2.05) is 30.3 Å². The Kier molecular flexibility index (Phi) is 4.30. The number of phenols is 1. The normalized spacial score (nSPS) is 20.3. The molecule has 2 aliphatic rings. The number of aromatic hydroxyl groups is 1. The van der Waals surface area contributed by atoms with Crippen molar-refractivity contribution in [3.63, 3.8) is 0 Å². The van der Waals surface area contributed by atoms with Gasteiger partial charge >= 0.3 is 11.4 Å². The molecule has 2 N–H and O–H groups in total. The number of nitro benzene ring substituents is 2. The third kappa shape index (κ3) is 3.10. The van der Waals surface area contributed by atoms with Crippen LogP contribution in [0.5, 0.6) is 5.75 Å². The van der Waals surface area contributed by atoms with Crippen molar-refractivity contribution in [3.8, 4) is 5.75 Å². The lowest BCUT2D eigenvalue weighted by Gasteiger charge is -2.28. The molecule has 10 heteroatoms. The largest absolute Gasteiger partial charge is 0.497 e. The maximum absolute atomic E-state index is 12.3. The number of nitrogens with zero attached hydrogens (tertiary/aromatic N) is 3. The molecule has 29 heavy (non-hydrogen) atoms. The topological polar surface area (TPSA) is 148 Å². The van der Waals surface area contributed by atoms with Crippen molar-refractivity contribution >= 4 is 28.6 Å². The standard InChI is InChI=1S/C19H14N4O6/c24-18-15(22(26)27)8-12(9-16(18)23(28)29)11-6-13(10-4-2-1-3-5-10)17-14(7-11)20-21-19(17)25/h1-5,7-9,13,17,24H,6H2,(H,21,25). The molecule has 1 amide bonds. The summed E-state index contributed by atoms with van der Waals surface area (Å²) in [5, 5.41) is 36.5. The minimum Gasteiger partial charge on any atom is -0.497 e. The molecule has 1 aliphatic heterocycles. The summed E-state index contributed by atoms with van der Waals surface area (Å²) < 4.78 is 0. The fourth-order valence-electron chi connectivity index (χ4n) is 3.78. The van der Waals surface area contributed by atoms with Crippen LogP contribution >= 0.6 is 0 Å². The summed E-state index contributed by atoms with van der Waals surface area (Å²) >= 11 is 0. The van der Waals surface area contributed by atoms with Gasteiger partial charge in [0.1, 0.15) is 0 Å². The van der Waals surface area contributed by atoms with E-state index in [1.165, 1.54) is 0 Å². The first-order chi connectivity index (χ1) is 13.9. The summed E-state index contributed by atoms with van der Waals surface area (Å²) in [6.07, 6.45) is 1.93. The third-order valence-electron chi connectivity index (χ3n) is 5.12. The quantitative estimate of drug-likeness (QED) is 0.602. The van der Waals surface area contributed by atoms with Crippen LogP contribution in [-0.2, 0) is 4.79 Å². The van der Waals surface area contributed by atoms with Gasteiger partial charge in [-0.2, -0.15) is 5.10 Å². The van der Waals surface area contributed by atoms with Crippen LogP contribution in [0.4, 0.5) is 11.4 Å². The Hall–Kier alpha value is -4.08. The lowest BCUT2D eigenvalue weighted by molar-refractivity contribution is -0.396. The van der Waals surface area contributed by atoms with E-state index < -0.39 is 32.9 Å². The van der Waals surface area contributed by atoms with Crippen LogP contribution in [0.15, 0.2) is 53.6 Å². The van der Waals surface area contributed by atoms with Crippen molar-refractivity contribution in [2.75, 3.05) is 0 Å². The summed E-state index contributed by atoms with van der Waals surface area (Å²) in [5.41, 5.74) is 3.07. The number of carbonyl (C=O) groups excluding carboxylic acids is 1. The highest BCUT2D eigenvalue weighted by Gasteiger charge is 2.41. The van der Waals surface area contributed by atoms with Crippen molar-refractivity contribution in [1.29, 1.82) is 0 Å². The summed E-state index contributed by atoms with van der Waals surface area (Å²) in [6, 6.07) is 11.5. The molecule has 2 unspecified atom stereocenters. The maximum atomic E-state index is 12.3. The van der Waals surface area contributed by atoms with Gasteiger partial charge in [-0.05, 0) is 29.2 Å². The number of fused-ring (bicyclic) bond motifs is 1. The molecule has 0 saturated carbocycles. The predicted molar refractivity (Wildman–Crippen MR) is 102 cm³/mol. The third-order valence-corrected chi connectivity index (χ3v) is 5.12. The average Bonchev–Trinajstić information content (AvgIpc) is 3.08. The average molecular weight is 394 g/mol. The van der Waals surface area contributed by atoms with Crippen LogP contribution in [0, 0.1) is 26.1 Å². The van der Waals surface area contributed by atoms with E-state index in [0.717, 1.165) is 17.7 Å². The van der Waals surface area contributed by atoms with E-state index in [4.69, 9.17) is 0 Å². The van der Waals surface area contributed by atoms with Crippen molar-refractivity contribution in [3.05, 3.63) is 79.9 Å². The van der Waals surface area contributed by atoms with E-state index in [1.54, 1.807) is 6.08 Å². The first-order valence-electron chi connectivity index (χ1n) is 8.66. The highest BCUT2D eigenvalue weighted by atomic mass is 16.6. The highest BCUT2D eigenvalue weighted by Crippen LogP contribution is 2.44. The highest BCUT2D eigenvalue weighted by molar-refractivity contribution is 6.17. The molecule has 2 aromatic rings. The molecule has 4 rings (SSSR count). The van der Waals surface area contributed by atoms with Gasteiger partial charge < -0.3 is 5.11 Å². The molecule has 10 nitrogen and oxygen atoms in total. The monoisotopic (exact) mass is 394 g/mol. The first-order valence-corrected chi connectivity index (χ1v) is 8.66. The number of hydrogen-bond acceptors (Lipinski definition) is 7. The zero-order valence-corrected chi connectivity index (χ0v) is 14.8. The molecule has 146 valence electrons. The van der Waals surface area contributed by atoms with Crippen LogP contribution in [-0.4, -0.2) is 26.6 Å². The summed E-state index contributed by atoms with van der Waals surface area (Å²) in [7, 11) is 0. The number of nitro groups is 2. The van der Waals surface area contributed by atoms with E-state index in [2.05, 4.69) is 10.5 Å². The van der Waals surface area contributed by atoms with E-state index in [-0.39, 0.29) is 17.4 Å². The van der Waals surface area contributed by atoms with Crippen molar-refractivity contribution in [2.24, 2.45) is 11.0 Å². The molecular formula is C19H14N4O6. The number of benzene rings is 2. The number of carbonyl (C=O) groups is 1. The van der Waals surface area contributed by atoms with Crippen molar-refractivity contribution in [1.82, 2.24) is 5.43 Å². The number of allylic oxidation sites excluding steroid dienone is 2. The van der Waals surface area contributed by atoms with Crippen LogP contribution in [0.2, 0.25) is 0 Å². The van der Waals surface area contributed by atoms with Gasteiger partial charge in [0.25, 0.3) is 5.75 Å². The van der Waals surface area contributed by atoms with Gasteiger partial charge in [-0.3, -0.25) is 25.0 Å². The molecule has 0 bridgehead atoms. The van der Waals surface area contributed by atoms with Crippen LogP contribution in [0.1, 0.15) is 23.5 Å². The second-order valence-electron chi connectivity index (χ2n) is 6.76. The maximum Gasteiger partial charge on any atom is 0.318 e. The first kappa shape index (κ1) is 18.3. The minimum absolute atomic E-state index is 0.225. The van der Waals surface area contributed by atoms with Crippen LogP contribution < -0.4 is 5.43 Å². The summed E-state index contributed by atoms with van der Waals surface area (Å²) in [4.78, 5) is 33.1. The molecule has 0 radical (unpaired) electrons. The predicted octanol–water partition coefficient (Wildman–Crippen LogP) is 2.88. The molecule has 1 heterocycles. The van der Waals surface area contributed by atoms with Crippen molar-refractivity contribution in [2.45, 2.75) is 12.3 Å². The second kappa shape index (κ2) is 6.82. The number of rotatable bonds is 4. The molecule has 1 aliphatic carbocycles. The molecular weight excluding hydrogens is 380 g/mol. The Morgan fingerprint density at radius 3 is 2.28 bits per heavy atom. The fourth-order valence-corrected chi connectivity index (χ4v) is 3.78. The van der Waals surface area contributed by atoms with Gasteiger partial charge in [0.15, 0.2) is 0 Å². The molecule has 2 atom stereocenters. The van der Waals surface area contributed by atoms with Gasteiger partial charge in [-0.1, -0.05) is 30.3 Å². The molecule has 0 fully saturated rings. The van der Waals surface area contributed by atoms with Gasteiger partial charge in [0, 0.05) is 18.1 Å². The minimum atomic E-state index is -0.993. The Bertz CT molecular complexity index is 1070. The van der Waals surface area contributed by atoms with Crippen LogP contribution in [0.25, 0.3) is 5.57 Å². The molecule has 2 aromatic carbocycles. The van der Waals surface area contributed by atoms with E-state index in [0.29, 0.717) is 17.7 Å². The Morgan fingerprint density at radius 2 is 1.69 bits per heavy atom. The zero-order valence-electron chi connectivity index (χ0n) is 14.8. The Balaban J connectivity index is 1.85. The molecule has 0 saturated heterocycles. The zero-order chi connectivity index (χ0) is 20.7. The van der Waals surface area contributed by atoms with Gasteiger partial charge in [-0.15, -0.1) is 0 Å². The van der Waals surface area contributed by atoms with E-state index in [9.17, 15) is 30.1 Å². The van der Waals surface area contributed by atoms with Gasteiger partial charge in [0.05, 0.1) is 21.5 Å². The van der Waals surface area contributed by atoms with Crippen LogP contribution in [0.3, 0.4) is 0 Å². The van der Waals surface area contributed by atoms with Gasteiger partial charge in [0.2, 0.25) is 5.91 Å². The number of hydrogen-bond donors (Lipinski definition) is 2. The molecule has 0 aromatic heterocycles. The number of nitrogens with one attached hydrogen (secondary N) is 1. The Morgan fingerprint density at radius 1 is 1.07 bits per heavy atom. The summed E-state index contributed by atoms with van der Waals surface area (Å²) in [5.74, 6) is -2.04. The lowest BCUT2D eigenvalue weighted by atomic mass is 9.73. The SMILES string of the molecule is O=C1NN=C2C=C(c3cc([N+](=O)[O-])c(O)c([N+](=O)[O-])c3)CC(c3ccccc3)C12. The van der Waals surface area contributed by atoms with E-state index >= 15 is 0 Å². The summed E-state index contributed by atoms with van der Waals surface area (Å²) in [6.45, 7) is 0. The number of amides is 1. The number of hydrazone groups is 1. The second-order valence-corrected chi connectivity index (χ2v) is 6.76. The molecule has 0 spiro atoms. The lowest BCUT2D eigenvalue weighted by Crippen LogP contribution is -2.31. The van der Waals surface area contributed by atoms with Gasteiger partial charge in [-0.25, -0.2) is 5.43 Å². The fraction of sp³-hybridized carbons (Fsp3) is 0.158. The Labute approximate surface area is 163 Å². The smallest absolute Gasteiger partial charge is 0.318 e.